The first-order valence-electron chi connectivity index (χ1n) is 6.87. The summed E-state index contributed by atoms with van der Waals surface area (Å²) in [5, 5.41) is 10.8. The molecule has 2 aromatic carbocycles. The average Bonchev–Trinajstić information content (AvgIpc) is 2.47. The molecule has 0 saturated heterocycles. The minimum Gasteiger partial charge on any atom is -0.485 e. The van der Waals surface area contributed by atoms with Gasteiger partial charge in [0.2, 0.25) is 0 Å². The van der Waals surface area contributed by atoms with E-state index in [0.717, 1.165) is 11.1 Å². The minimum atomic E-state index is -0.444. The van der Waals surface area contributed by atoms with E-state index < -0.39 is 4.92 Å². The monoisotopic (exact) mass is 299 g/mol. The van der Waals surface area contributed by atoms with E-state index in [1.54, 1.807) is 13.0 Å². The summed E-state index contributed by atoms with van der Waals surface area (Å²) in [5.41, 5.74) is 3.09. The van der Waals surface area contributed by atoms with E-state index in [2.05, 4.69) is 0 Å². The highest BCUT2D eigenvalue weighted by molar-refractivity contribution is 5.98. The molecule has 5 heteroatoms. The van der Waals surface area contributed by atoms with Crippen molar-refractivity contribution in [2.75, 3.05) is 6.61 Å². The van der Waals surface area contributed by atoms with Gasteiger partial charge < -0.3 is 4.74 Å². The lowest BCUT2D eigenvalue weighted by Crippen LogP contribution is -2.13. The molecule has 0 unspecified atom stereocenters. The number of hydrogen-bond acceptors (Lipinski definition) is 4. The second kappa shape index (κ2) is 6.39. The maximum atomic E-state index is 12.2. The highest BCUT2D eigenvalue weighted by Crippen LogP contribution is 2.23. The van der Waals surface area contributed by atoms with Gasteiger partial charge in [-0.1, -0.05) is 17.7 Å². The molecule has 22 heavy (non-hydrogen) atoms. The van der Waals surface area contributed by atoms with Crippen molar-refractivity contribution in [2.24, 2.45) is 0 Å². The molecule has 0 radical (unpaired) electrons. The Morgan fingerprint density at radius 2 is 1.82 bits per heavy atom. The highest BCUT2D eigenvalue weighted by atomic mass is 16.6. The quantitative estimate of drug-likeness (QED) is 0.478. The number of nitro benzene ring substituents is 1. The zero-order valence-corrected chi connectivity index (χ0v) is 12.8. The second-order valence-corrected chi connectivity index (χ2v) is 5.24. The molecule has 114 valence electrons. The number of carbonyl (C=O) groups is 1. The number of carbonyl (C=O) groups excluding carboxylic acids is 1. The second-order valence-electron chi connectivity index (χ2n) is 5.24. The number of ether oxygens (including phenoxy) is 1. The Bertz CT molecular complexity index is 737. The molecule has 0 fully saturated rings. The molecule has 0 spiro atoms. The molecule has 0 heterocycles. The smallest absolute Gasteiger partial charge is 0.272 e. The van der Waals surface area contributed by atoms with Crippen molar-refractivity contribution in [3.63, 3.8) is 0 Å². The molecule has 2 aromatic rings. The third-order valence-corrected chi connectivity index (χ3v) is 3.43. The Labute approximate surface area is 128 Å². The third-order valence-electron chi connectivity index (χ3n) is 3.43. The van der Waals surface area contributed by atoms with Crippen LogP contribution in [0.25, 0.3) is 0 Å². The molecule has 5 nitrogen and oxygen atoms in total. The molecule has 0 aliphatic heterocycles. The number of rotatable bonds is 5. The predicted octanol–water partition coefficient (Wildman–Crippen LogP) is 3.78. The Morgan fingerprint density at radius 1 is 1.09 bits per heavy atom. The molecule has 2 rings (SSSR count). The van der Waals surface area contributed by atoms with Crippen LogP contribution in [0.3, 0.4) is 0 Å². The SMILES string of the molecule is Cc1ccc(C)c(C(=O)COc2ccc([N+](=O)[O-])c(C)c2)c1. The standard InChI is InChI=1S/C17H17NO4/c1-11-4-5-12(2)15(8-11)17(19)10-22-14-6-7-16(18(20)21)13(3)9-14/h4-9H,10H2,1-3H3. The average molecular weight is 299 g/mol. The number of Topliss-reactive ketones (excluding diaryl/α,β-unsaturated/α-hetero) is 1. The summed E-state index contributed by atoms with van der Waals surface area (Å²) < 4.78 is 5.46. The molecule has 0 amide bonds. The van der Waals surface area contributed by atoms with E-state index in [1.807, 2.05) is 32.0 Å². The van der Waals surface area contributed by atoms with Crippen molar-refractivity contribution in [2.45, 2.75) is 20.8 Å². The fraction of sp³-hybridized carbons (Fsp3) is 0.235. The molecule has 0 aromatic heterocycles. The lowest BCUT2D eigenvalue weighted by atomic mass is 10.0. The van der Waals surface area contributed by atoms with Gasteiger partial charge in [-0.2, -0.15) is 0 Å². The van der Waals surface area contributed by atoms with Crippen molar-refractivity contribution in [1.82, 2.24) is 0 Å². The van der Waals surface area contributed by atoms with Crippen LogP contribution in [0.4, 0.5) is 5.69 Å². The molecular formula is C17H17NO4. The first kappa shape index (κ1) is 15.7. The summed E-state index contributed by atoms with van der Waals surface area (Å²) in [6.07, 6.45) is 0. The van der Waals surface area contributed by atoms with Gasteiger partial charge in [0.05, 0.1) is 4.92 Å². The topological polar surface area (TPSA) is 69.4 Å². The number of ketones is 1. The van der Waals surface area contributed by atoms with Gasteiger partial charge in [0.25, 0.3) is 5.69 Å². The van der Waals surface area contributed by atoms with Gasteiger partial charge in [-0.15, -0.1) is 0 Å². The number of hydrogen-bond donors (Lipinski definition) is 0. The number of benzene rings is 2. The Balaban J connectivity index is 2.10. The van der Waals surface area contributed by atoms with Crippen LogP contribution in [0.2, 0.25) is 0 Å². The van der Waals surface area contributed by atoms with Crippen molar-refractivity contribution >= 4 is 11.5 Å². The zero-order chi connectivity index (χ0) is 16.3. The molecule has 0 aliphatic rings. The number of nitro groups is 1. The summed E-state index contributed by atoms with van der Waals surface area (Å²) in [4.78, 5) is 22.5. The van der Waals surface area contributed by atoms with Crippen LogP contribution in [0, 0.1) is 30.9 Å². The van der Waals surface area contributed by atoms with E-state index in [-0.39, 0.29) is 18.1 Å². The number of aryl methyl sites for hydroxylation is 3. The first-order valence-corrected chi connectivity index (χ1v) is 6.87. The van der Waals surface area contributed by atoms with Crippen molar-refractivity contribution in [3.05, 3.63) is 68.8 Å². The highest BCUT2D eigenvalue weighted by Gasteiger charge is 2.13. The summed E-state index contributed by atoms with van der Waals surface area (Å²) in [6, 6.07) is 10.1. The van der Waals surface area contributed by atoms with Crippen LogP contribution in [0.15, 0.2) is 36.4 Å². The van der Waals surface area contributed by atoms with Gasteiger partial charge in [0.1, 0.15) is 5.75 Å². The molecular weight excluding hydrogens is 282 g/mol. The van der Waals surface area contributed by atoms with E-state index in [4.69, 9.17) is 4.74 Å². The first-order chi connectivity index (χ1) is 10.4. The van der Waals surface area contributed by atoms with Crippen LogP contribution in [0.1, 0.15) is 27.0 Å². The van der Waals surface area contributed by atoms with E-state index in [9.17, 15) is 14.9 Å². The lowest BCUT2D eigenvalue weighted by Gasteiger charge is -2.09. The summed E-state index contributed by atoms with van der Waals surface area (Å²) in [6.45, 7) is 5.35. The predicted molar refractivity (Wildman–Crippen MR) is 83.6 cm³/mol. The number of nitrogens with zero attached hydrogens (tertiary/aromatic N) is 1. The van der Waals surface area contributed by atoms with Crippen LogP contribution in [-0.2, 0) is 0 Å². The Hall–Kier alpha value is -2.69. The van der Waals surface area contributed by atoms with Crippen molar-refractivity contribution in [1.29, 1.82) is 0 Å². The summed E-state index contributed by atoms with van der Waals surface area (Å²) in [5.74, 6) is 0.332. The van der Waals surface area contributed by atoms with Crippen LogP contribution in [-0.4, -0.2) is 17.3 Å². The van der Waals surface area contributed by atoms with E-state index >= 15 is 0 Å². The molecule has 0 atom stereocenters. The summed E-state index contributed by atoms with van der Waals surface area (Å²) >= 11 is 0. The van der Waals surface area contributed by atoms with E-state index in [1.165, 1.54) is 12.1 Å². The Morgan fingerprint density at radius 3 is 2.45 bits per heavy atom. The van der Waals surface area contributed by atoms with Gasteiger partial charge in [-0.05, 0) is 44.5 Å². The molecule has 0 bridgehead atoms. The van der Waals surface area contributed by atoms with Gasteiger partial charge in [0, 0.05) is 17.2 Å². The van der Waals surface area contributed by atoms with Crippen LogP contribution < -0.4 is 4.74 Å². The van der Waals surface area contributed by atoms with Gasteiger partial charge in [-0.3, -0.25) is 14.9 Å². The largest absolute Gasteiger partial charge is 0.485 e. The fourth-order valence-electron chi connectivity index (χ4n) is 2.19. The fourth-order valence-corrected chi connectivity index (χ4v) is 2.19. The maximum absolute atomic E-state index is 12.2. The summed E-state index contributed by atoms with van der Waals surface area (Å²) in [7, 11) is 0. The van der Waals surface area contributed by atoms with E-state index in [0.29, 0.717) is 16.9 Å². The van der Waals surface area contributed by atoms with Crippen LogP contribution in [0.5, 0.6) is 5.75 Å². The minimum absolute atomic E-state index is 0.0354. The zero-order valence-electron chi connectivity index (χ0n) is 12.8. The van der Waals surface area contributed by atoms with Gasteiger partial charge in [0.15, 0.2) is 12.4 Å². The normalized spacial score (nSPS) is 10.3. The third kappa shape index (κ3) is 3.49. The maximum Gasteiger partial charge on any atom is 0.272 e. The van der Waals surface area contributed by atoms with Gasteiger partial charge in [-0.25, -0.2) is 0 Å². The molecule has 0 saturated carbocycles. The van der Waals surface area contributed by atoms with Crippen LogP contribution >= 0.6 is 0 Å². The Kier molecular flexibility index (Phi) is 4.56. The van der Waals surface area contributed by atoms with Crippen molar-refractivity contribution in [3.8, 4) is 5.75 Å². The van der Waals surface area contributed by atoms with Crippen molar-refractivity contribution < 1.29 is 14.5 Å². The molecule has 0 N–H and O–H groups in total. The molecule has 0 aliphatic carbocycles. The lowest BCUT2D eigenvalue weighted by molar-refractivity contribution is -0.385. The van der Waals surface area contributed by atoms with Gasteiger partial charge >= 0.3 is 0 Å².